The lowest BCUT2D eigenvalue weighted by Crippen LogP contribution is -2.62. The molecule has 2 heteroatoms. The van der Waals surface area contributed by atoms with Crippen LogP contribution in [-0.2, 0) is 21.7 Å². The molecule has 4 aliphatic carbocycles. The maximum atomic E-state index is 2.72. The van der Waals surface area contributed by atoms with Crippen molar-refractivity contribution in [1.82, 2.24) is 0 Å². The summed E-state index contributed by atoms with van der Waals surface area (Å²) in [5.41, 5.74) is 25.2. The fraction of sp³-hybridized carbons (Fsp3) is 0.160. The van der Waals surface area contributed by atoms with Crippen LogP contribution in [0.3, 0.4) is 0 Å². The third-order valence-electron chi connectivity index (χ3n) is 25.0. The summed E-state index contributed by atoms with van der Waals surface area (Å²) in [7, 11) is 0. The van der Waals surface area contributed by atoms with Gasteiger partial charge in [0.25, 0.3) is 0 Å². The Morgan fingerprint density at radius 3 is 0.892 bits per heavy atom. The highest BCUT2D eigenvalue weighted by Crippen LogP contribution is 2.77. The van der Waals surface area contributed by atoms with Crippen molar-refractivity contribution in [2.75, 3.05) is 9.80 Å². The third-order valence-corrected chi connectivity index (χ3v) is 25.0. The van der Waals surface area contributed by atoms with Crippen LogP contribution in [-0.4, -0.2) is 0 Å². The van der Waals surface area contributed by atoms with Gasteiger partial charge < -0.3 is 9.80 Å². The van der Waals surface area contributed by atoms with E-state index in [1.807, 2.05) is 0 Å². The molecule has 0 N–H and O–H groups in total. The number of hydrogen-bond donors (Lipinski definition) is 0. The Kier molecular flexibility index (Phi) is 12.6. The SMILES string of the molecule is CC1(C)c2ccccc2-c2ccc(N(c3ccc4ccc5ccccc5c4c3)c3cc4c(c5ccccc35)-c3ccccc3C4(C(C)(C)C)C3(C(C)(C)C)c4ccccc4-c4c3cc(N(c3ccc5c(c3)C(C)(C)c3ccccc3-5)c3ccc5ccc6ccccc6c5c3)c3ccccc43)cc21. The molecule has 0 aromatic heterocycles. The topological polar surface area (TPSA) is 6.48 Å². The van der Waals surface area contributed by atoms with Gasteiger partial charge in [-0.05, 0) is 214 Å². The average molecular weight is 1310 g/mol. The zero-order chi connectivity index (χ0) is 69.1. The monoisotopic (exact) mass is 1310 g/mol. The van der Waals surface area contributed by atoms with Crippen LogP contribution in [0.25, 0.3) is 109 Å². The van der Waals surface area contributed by atoms with Crippen molar-refractivity contribution in [3.63, 3.8) is 0 Å². The summed E-state index contributed by atoms with van der Waals surface area (Å²) >= 11 is 0. The zero-order valence-electron chi connectivity index (χ0n) is 59.8. The van der Waals surface area contributed by atoms with E-state index in [2.05, 4.69) is 382 Å². The van der Waals surface area contributed by atoms with Gasteiger partial charge in [-0.3, -0.25) is 0 Å². The molecule has 0 bridgehead atoms. The van der Waals surface area contributed by atoms with E-state index in [-0.39, 0.29) is 10.8 Å². The van der Waals surface area contributed by atoms with Gasteiger partial charge in [0.15, 0.2) is 0 Å². The molecule has 0 saturated heterocycles. The number of fused-ring (bicyclic) bond motifs is 22. The lowest BCUT2D eigenvalue weighted by molar-refractivity contribution is 0.0595. The van der Waals surface area contributed by atoms with E-state index in [4.69, 9.17) is 0 Å². The first kappa shape index (κ1) is 60.6. The maximum absolute atomic E-state index is 2.72. The molecule has 0 spiro atoms. The molecule has 2 nitrogen and oxygen atoms in total. The Morgan fingerprint density at radius 2 is 0.500 bits per heavy atom. The molecule has 0 saturated carbocycles. The third kappa shape index (κ3) is 7.90. The van der Waals surface area contributed by atoms with Crippen molar-refractivity contribution in [2.45, 2.75) is 90.9 Å². The smallest absolute Gasteiger partial charge is 0.0543 e. The molecule has 16 aromatic rings. The Balaban J connectivity index is 0.917. The molecule has 0 amide bonds. The van der Waals surface area contributed by atoms with Gasteiger partial charge in [-0.2, -0.15) is 0 Å². The predicted molar refractivity (Wildman–Crippen MR) is 434 cm³/mol. The lowest BCUT2D eigenvalue weighted by Gasteiger charge is -2.62. The Labute approximate surface area is 598 Å². The number of nitrogens with zero attached hydrogens (tertiary/aromatic N) is 2. The van der Waals surface area contributed by atoms with Crippen molar-refractivity contribution in [3.8, 4) is 44.5 Å². The Morgan fingerprint density at radius 1 is 0.216 bits per heavy atom. The van der Waals surface area contributed by atoms with E-state index in [1.54, 1.807) is 0 Å². The quantitative estimate of drug-likeness (QED) is 0.147. The van der Waals surface area contributed by atoms with Crippen LogP contribution < -0.4 is 9.80 Å². The lowest BCUT2D eigenvalue weighted by atomic mass is 9.39. The Bertz CT molecular complexity index is 5940. The zero-order valence-corrected chi connectivity index (χ0v) is 59.8. The molecule has 0 radical (unpaired) electrons. The summed E-state index contributed by atoms with van der Waals surface area (Å²) in [5.74, 6) is 0. The summed E-state index contributed by atoms with van der Waals surface area (Å²) in [6, 6.07) is 118. The standard InChI is InChI=1S/C100H80N2/c1-95(2,3)99(85-41-25-21-37-79(85)93-77-35-17-15-33-75(77)91(59-89(93)99)101(65-49-47-63-45-43-61-27-11-13-29-69(61)81(63)55-65)67-51-53-73-71-31-19-23-39-83(71)97(7,8)87(73)57-67)100(96(4,5)6)86-42-26-22-38-80(86)94-78-36-18-16-34-76(78)92(60-90(94)100)102(66-50-48-64-46-44-62-28-12-14-30-70(62)82(64)56-66)68-52-54-74-72-32-20-24-40-84(72)98(9,10)88(74)58-68/h11-60H,1-10H3. The normalized spacial score (nSPS) is 17.2. The van der Waals surface area contributed by atoms with Crippen molar-refractivity contribution >= 4 is 98.8 Å². The molecular weight excluding hydrogens is 1230 g/mol. The van der Waals surface area contributed by atoms with Crippen molar-refractivity contribution < 1.29 is 0 Å². The van der Waals surface area contributed by atoms with Crippen LogP contribution in [0, 0.1) is 10.8 Å². The number of hydrogen-bond acceptors (Lipinski definition) is 2. The first-order valence-corrected chi connectivity index (χ1v) is 36.6. The van der Waals surface area contributed by atoms with Gasteiger partial charge in [0.2, 0.25) is 0 Å². The number of benzene rings is 16. The number of anilines is 6. The maximum Gasteiger partial charge on any atom is 0.0543 e. The van der Waals surface area contributed by atoms with Crippen LogP contribution in [0.15, 0.2) is 303 Å². The second-order valence-corrected chi connectivity index (χ2v) is 32.7. The fourth-order valence-corrected chi connectivity index (χ4v) is 20.9. The molecule has 2 unspecified atom stereocenters. The fourth-order valence-electron chi connectivity index (χ4n) is 20.9. The van der Waals surface area contributed by atoms with Crippen LogP contribution >= 0.6 is 0 Å². The molecule has 4 aliphatic rings. The summed E-state index contributed by atoms with van der Waals surface area (Å²) in [5, 5.41) is 14.8. The van der Waals surface area contributed by atoms with Gasteiger partial charge in [-0.25, -0.2) is 0 Å². The summed E-state index contributed by atoms with van der Waals surface area (Å²) in [6.45, 7) is 25.1. The van der Waals surface area contributed by atoms with Gasteiger partial charge in [0.1, 0.15) is 0 Å². The van der Waals surface area contributed by atoms with E-state index < -0.39 is 21.7 Å². The van der Waals surface area contributed by atoms with Crippen LogP contribution in [0.1, 0.15) is 114 Å². The second-order valence-electron chi connectivity index (χ2n) is 32.7. The van der Waals surface area contributed by atoms with Gasteiger partial charge in [-0.1, -0.05) is 312 Å². The van der Waals surface area contributed by atoms with E-state index in [0.717, 1.165) is 34.1 Å². The van der Waals surface area contributed by atoms with Gasteiger partial charge in [0.05, 0.1) is 11.4 Å². The first-order valence-electron chi connectivity index (χ1n) is 36.6. The molecule has 0 fully saturated rings. The van der Waals surface area contributed by atoms with Gasteiger partial charge in [-0.15, -0.1) is 0 Å². The molecule has 20 rings (SSSR count). The van der Waals surface area contributed by atoms with Gasteiger partial charge >= 0.3 is 0 Å². The molecule has 16 aromatic carbocycles. The second kappa shape index (κ2) is 21.1. The highest BCUT2D eigenvalue weighted by Gasteiger charge is 2.71. The Hall–Kier alpha value is -11.3. The van der Waals surface area contributed by atoms with Crippen molar-refractivity contribution in [2.24, 2.45) is 10.8 Å². The minimum atomic E-state index is -0.771. The van der Waals surface area contributed by atoms with E-state index >= 15 is 0 Å². The average Bonchev–Trinajstić information content (AvgIpc) is 1.46. The van der Waals surface area contributed by atoms with Crippen molar-refractivity contribution in [3.05, 3.63) is 348 Å². The largest absolute Gasteiger partial charge is 0.310 e. The molecule has 0 aliphatic heterocycles. The van der Waals surface area contributed by atoms with E-state index in [9.17, 15) is 0 Å². The molecule has 2 atom stereocenters. The van der Waals surface area contributed by atoms with Crippen LogP contribution in [0.2, 0.25) is 0 Å². The van der Waals surface area contributed by atoms with E-state index in [1.165, 1.54) is 154 Å². The van der Waals surface area contributed by atoms with Crippen molar-refractivity contribution in [1.29, 1.82) is 0 Å². The molecule has 102 heavy (non-hydrogen) atoms. The molecular formula is C100H80N2. The highest BCUT2D eigenvalue weighted by atomic mass is 15.2. The summed E-state index contributed by atoms with van der Waals surface area (Å²) < 4.78 is 0. The predicted octanol–water partition coefficient (Wildman–Crippen LogP) is 27.5. The van der Waals surface area contributed by atoms with Crippen LogP contribution in [0.4, 0.5) is 34.1 Å². The highest BCUT2D eigenvalue weighted by molar-refractivity contribution is 6.16. The van der Waals surface area contributed by atoms with E-state index in [0.29, 0.717) is 0 Å². The van der Waals surface area contributed by atoms with Crippen LogP contribution in [0.5, 0.6) is 0 Å². The minimum absolute atomic E-state index is 0.233. The molecule has 0 heterocycles. The summed E-state index contributed by atoms with van der Waals surface area (Å²) in [4.78, 5) is 5.29. The number of rotatable bonds is 7. The van der Waals surface area contributed by atoms with Gasteiger partial charge in [0, 0.05) is 55.2 Å². The molecule has 490 valence electrons. The first-order chi connectivity index (χ1) is 49.4. The minimum Gasteiger partial charge on any atom is -0.310 e. The summed E-state index contributed by atoms with van der Waals surface area (Å²) in [6.07, 6.45) is 0.